The number of rotatable bonds is 7. The van der Waals surface area contributed by atoms with Crippen LogP contribution in [-0.4, -0.2) is 47.8 Å². The molecular formula is C23H27N3O4. The minimum Gasteiger partial charge on any atom is -0.472 e. The smallest absolute Gasteiger partial charge is 0.257 e. The van der Waals surface area contributed by atoms with Crippen LogP contribution < -0.4 is 10.6 Å². The van der Waals surface area contributed by atoms with Gasteiger partial charge in [-0.25, -0.2) is 0 Å². The topological polar surface area (TPSA) is 91.7 Å². The highest BCUT2D eigenvalue weighted by molar-refractivity contribution is 5.94. The summed E-state index contributed by atoms with van der Waals surface area (Å²) in [6.45, 7) is 1.03. The molecular weight excluding hydrogens is 382 g/mol. The lowest BCUT2D eigenvalue weighted by molar-refractivity contribution is -0.132. The van der Waals surface area contributed by atoms with Crippen LogP contribution in [-0.2, 0) is 16.0 Å². The van der Waals surface area contributed by atoms with Gasteiger partial charge in [0.2, 0.25) is 11.8 Å². The zero-order valence-electron chi connectivity index (χ0n) is 16.9. The predicted molar refractivity (Wildman–Crippen MR) is 111 cm³/mol. The molecule has 1 aliphatic heterocycles. The molecule has 7 heteroatoms. The Morgan fingerprint density at radius 1 is 1.03 bits per heavy atom. The van der Waals surface area contributed by atoms with E-state index < -0.39 is 6.04 Å². The summed E-state index contributed by atoms with van der Waals surface area (Å²) in [7, 11) is 0. The summed E-state index contributed by atoms with van der Waals surface area (Å²) in [5, 5.41) is 5.98. The van der Waals surface area contributed by atoms with Gasteiger partial charge >= 0.3 is 0 Å². The first-order chi connectivity index (χ1) is 14.6. The van der Waals surface area contributed by atoms with Gasteiger partial charge in [-0.05, 0) is 37.3 Å². The number of hydrogen-bond donors (Lipinski definition) is 2. The van der Waals surface area contributed by atoms with Crippen LogP contribution in [0.3, 0.4) is 0 Å². The van der Waals surface area contributed by atoms with Crippen LogP contribution in [0.4, 0.5) is 0 Å². The fourth-order valence-electron chi connectivity index (χ4n) is 3.79. The van der Waals surface area contributed by atoms with Gasteiger partial charge < -0.3 is 20.0 Å². The molecule has 1 aromatic heterocycles. The number of benzene rings is 1. The van der Waals surface area contributed by atoms with E-state index in [1.54, 1.807) is 11.0 Å². The van der Waals surface area contributed by atoms with Crippen LogP contribution >= 0.6 is 0 Å². The normalized spacial score (nSPS) is 17.9. The van der Waals surface area contributed by atoms with Crippen LogP contribution in [0.1, 0.15) is 41.6 Å². The van der Waals surface area contributed by atoms with Crippen molar-refractivity contribution in [2.75, 3.05) is 13.1 Å². The van der Waals surface area contributed by atoms with Crippen molar-refractivity contribution in [1.82, 2.24) is 15.5 Å². The van der Waals surface area contributed by atoms with Crippen LogP contribution in [0.15, 0.2) is 53.3 Å². The van der Waals surface area contributed by atoms with E-state index in [1.165, 1.54) is 12.5 Å². The molecule has 2 N–H and O–H groups in total. The lowest BCUT2D eigenvalue weighted by Crippen LogP contribution is -2.51. The highest BCUT2D eigenvalue weighted by Gasteiger charge is 2.32. The van der Waals surface area contributed by atoms with E-state index in [1.807, 2.05) is 30.3 Å². The molecule has 2 fully saturated rings. The molecule has 1 unspecified atom stereocenters. The second kappa shape index (κ2) is 9.15. The molecule has 0 spiro atoms. The predicted octanol–water partition coefficient (Wildman–Crippen LogP) is 2.14. The second-order valence-corrected chi connectivity index (χ2v) is 8.11. The lowest BCUT2D eigenvalue weighted by Gasteiger charge is -2.32. The second-order valence-electron chi connectivity index (χ2n) is 8.11. The van der Waals surface area contributed by atoms with Gasteiger partial charge in [-0.2, -0.15) is 0 Å². The third-order valence-electron chi connectivity index (χ3n) is 5.76. The molecule has 1 aliphatic carbocycles. The fourth-order valence-corrected chi connectivity index (χ4v) is 3.79. The lowest BCUT2D eigenvalue weighted by atomic mass is 9.94. The van der Waals surface area contributed by atoms with Gasteiger partial charge in [0, 0.05) is 31.5 Å². The molecule has 0 bridgehead atoms. The monoisotopic (exact) mass is 409 g/mol. The van der Waals surface area contributed by atoms with Gasteiger partial charge in [-0.3, -0.25) is 14.4 Å². The number of likely N-dealkylation sites (tertiary alicyclic amines) is 1. The zero-order chi connectivity index (χ0) is 20.9. The highest BCUT2D eigenvalue weighted by atomic mass is 16.3. The molecule has 2 aliphatic rings. The Labute approximate surface area is 175 Å². The van der Waals surface area contributed by atoms with Crippen molar-refractivity contribution in [1.29, 1.82) is 0 Å². The molecule has 2 heterocycles. The number of piperidine rings is 1. The minimum atomic E-state index is -0.592. The van der Waals surface area contributed by atoms with Crippen molar-refractivity contribution in [2.45, 2.75) is 44.2 Å². The van der Waals surface area contributed by atoms with E-state index >= 15 is 0 Å². The summed E-state index contributed by atoms with van der Waals surface area (Å²) in [5.41, 5.74) is 1.53. The molecule has 1 atom stereocenters. The molecule has 7 nitrogen and oxygen atoms in total. The zero-order valence-corrected chi connectivity index (χ0v) is 16.9. The van der Waals surface area contributed by atoms with Crippen LogP contribution in [0.25, 0.3) is 0 Å². The van der Waals surface area contributed by atoms with Crippen molar-refractivity contribution in [3.63, 3.8) is 0 Å². The number of carbonyl (C=O) groups is 3. The van der Waals surface area contributed by atoms with Crippen molar-refractivity contribution < 1.29 is 18.8 Å². The maximum atomic E-state index is 12.9. The Morgan fingerprint density at radius 2 is 1.77 bits per heavy atom. The molecule has 3 amide bonds. The number of amides is 3. The van der Waals surface area contributed by atoms with Crippen molar-refractivity contribution in [3.8, 4) is 0 Å². The highest BCUT2D eigenvalue weighted by Crippen LogP contribution is 2.21. The minimum absolute atomic E-state index is 0.0756. The maximum Gasteiger partial charge on any atom is 0.257 e. The Kier molecular flexibility index (Phi) is 6.16. The van der Waals surface area contributed by atoms with E-state index in [9.17, 15) is 14.4 Å². The fraction of sp³-hybridized carbons (Fsp3) is 0.435. The number of nitrogens with zero attached hydrogens (tertiary/aromatic N) is 1. The van der Waals surface area contributed by atoms with Gasteiger partial charge in [0.05, 0.1) is 11.8 Å². The first-order valence-corrected chi connectivity index (χ1v) is 10.6. The van der Waals surface area contributed by atoms with Crippen LogP contribution in [0, 0.1) is 5.92 Å². The molecule has 1 saturated heterocycles. The molecule has 1 saturated carbocycles. The summed E-state index contributed by atoms with van der Waals surface area (Å²) in [4.78, 5) is 39.8. The summed E-state index contributed by atoms with van der Waals surface area (Å²) in [6.07, 6.45) is 6.54. The van der Waals surface area contributed by atoms with Crippen molar-refractivity contribution >= 4 is 17.7 Å². The number of carbonyl (C=O) groups excluding carboxylic acids is 3. The average Bonchev–Trinajstić information content (AvgIpc) is 3.41. The van der Waals surface area contributed by atoms with E-state index in [0.717, 1.165) is 18.4 Å². The molecule has 4 rings (SSSR count). The van der Waals surface area contributed by atoms with E-state index in [-0.39, 0.29) is 29.7 Å². The third kappa shape index (κ3) is 5.09. The van der Waals surface area contributed by atoms with Gasteiger partial charge in [0.15, 0.2) is 0 Å². The van der Waals surface area contributed by atoms with Gasteiger partial charge in [-0.15, -0.1) is 0 Å². The Morgan fingerprint density at radius 3 is 2.40 bits per heavy atom. The molecule has 30 heavy (non-hydrogen) atoms. The number of furan rings is 1. The third-order valence-corrected chi connectivity index (χ3v) is 5.76. The van der Waals surface area contributed by atoms with E-state index in [0.29, 0.717) is 37.9 Å². The Hall–Kier alpha value is -3.09. The largest absolute Gasteiger partial charge is 0.472 e. The molecule has 1 aromatic carbocycles. The summed E-state index contributed by atoms with van der Waals surface area (Å²) >= 11 is 0. The molecule has 158 valence electrons. The quantitative estimate of drug-likeness (QED) is 0.733. The Balaban J connectivity index is 1.34. The summed E-state index contributed by atoms with van der Waals surface area (Å²) < 4.78 is 4.98. The maximum absolute atomic E-state index is 12.9. The first kappa shape index (κ1) is 20.2. The molecule has 0 radical (unpaired) electrons. The molecule has 2 aromatic rings. The summed E-state index contributed by atoms with van der Waals surface area (Å²) in [5.74, 6) is -0.515. The van der Waals surface area contributed by atoms with Gasteiger partial charge in [0.1, 0.15) is 12.3 Å². The van der Waals surface area contributed by atoms with Gasteiger partial charge in [0.25, 0.3) is 5.91 Å². The summed E-state index contributed by atoms with van der Waals surface area (Å²) in [6, 6.07) is 11.0. The van der Waals surface area contributed by atoms with E-state index in [4.69, 9.17) is 4.42 Å². The van der Waals surface area contributed by atoms with Crippen LogP contribution in [0.5, 0.6) is 0 Å². The van der Waals surface area contributed by atoms with E-state index in [2.05, 4.69) is 10.6 Å². The van der Waals surface area contributed by atoms with Crippen LogP contribution in [0.2, 0.25) is 0 Å². The number of hydrogen-bond acceptors (Lipinski definition) is 4. The van der Waals surface area contributed by atoms with Crippen molar-refractivity contribution in [2.24, 2.45) is 5.92 Å². The standard InChI is InChI=1S/C23H27N3O4/c27-21(17-8-11-26(12-9-17)23(29)18-10-13-30-15-18)25-20(22(28)24-19-6-7-19)14-16-4-2-1-3-5-16/h1-5,10,13,15,17,19-20H,6-9,11-12,14H2,(H,24,28)(H,25,27). The average molecular weight is 409 g/mol. The number of nitrogens with one attached hydrogen (secondary N) is 2. The first-order valence-electron chi connectivity index (χ1n) is 10.6. The SMILES string of the molecule is O=C(NC(Cc1ccccc1)C(=O)NC1CC1)C1CCN(C(=O)c2ccoc2)CC1. The van der Waals surface area contributed by atoms with Crippen molar-refractivity contribution in [3.05, 3.63) is 60.1 Å². The van der Waals surface area contributed by atoms with Gasteiger partial charge in [-0.1, -0.05) is 30.3 Å². The Bertz CT molecular complexity index is 869.